The number of hydrogen-bond acceptors (Lipinski definition) is 3. The predicted molar refractivity (Wildman–Crippen MR) is 56.4 cm³/mol. The number of unbranched alkanes of at least 4 members (excludes halogenated alkanes) is 1. The molecule has 84 valence electrons. The number of carbonyl (C=O) groups is 3. The highest BCUT2D eigenvalue weighted by molar-refractivity contribution is 6.20. The van der Waals surface area contributed by atoms with Crippen LogP contribution >= 0.6 is 0 Å². The Morgan fingerprint density at radius 2 is 1.80 bits per heavy atom. The van der Waals surface area contributed by atoms with Crippen molar-refractivity contribution in [2.24, 2.45) is 11.8 Å². The van der Waals surface area contributed by atoms with Gasteiger partial charge in [0.05, 0.1) is 0 Å². The highest BCUT2D eigenvalue weighted by Gasteiger charge is 2.37. The molecule has 3 heteroatoms. The first-order valence-corrected chi connectivity index (χ1v) is 5.62. The van der Waals surface area contributed by atoms with Gasteiger partial charge in [0.1, 0.15) is 11.7 Å². The Bertz CT molecular complexity index is 263. The molecule has 0 saturated heterocycles. The average Bonchev–Trinajstić information content (AvgIpc) is 2.12. The molecule has 0 N–H and O–H groups in total. The highest BCUT2D eigenvalue weighted by atomic mass is 16.2. The highest BCUT2D eigenvalue weighted by Crippen LogP contribution is 2.27. The Morgan fingerprint density at radius 1 is 1.27 bits per heavy atom. The molecule has 0 spiro atoms. The van der Waals surface area contributed by atoms with Gasteiger partial charge >= 0.3 is 0 Å². The molecule has 0 atom stereocenters. The van der Waals surface area contributed by atoms with E-state index in [1.807, 2.05) is 0 Å². The zero-order valence-electron chi connectivity index (χ0n) is 9.41. The van der Waals surface area contributed by atoms with E-state index >= 15 is 0 Å². The summed E-state index contributed by atoms with van der Waals surface area (Å²) in [5.74, 6) is -1.39. The van der Waals surface area contributed by atoms with E-state index in [4.69, 9.17) is 0 Å². The predicted octanol–water partition coefficient (Wildman–Crippen LogP) is 1.93. The van der Waals surface area contributed by atoms with Crippen molar-refractivity contribution in [2.45, 2.75) is 46.0 Å². The van der Waals surface area contributed by atoms with Crippen molar-refractivity contribution in [2.75, 3.05) is 0 Å². The first-order valence-electron chi connectivity index (χ1n) is 5.62. The van der Waals surface area contributed by atoms with E-state index < -0.39 is 5.92 Å². The molecule has 1 aliphatic carbocycles. The van der Waals surface area contributed by atoms with Gasteiger partial charge in [-0.15, -0.1) is 0 Å². The summed E-state index contributed by atoms with van der Waals surface area (Å²) in [6, 6.07) is 0. The smallest absolute Gasteiger partial charge is 0.151 e. The molecule has 3 nitrogen and oxygen atoms in total. The van der Waals surface area contributed by atoms with Crippen molar-refractivity contribution in [3.63, 3.8) is 0 Å². The second-order valence-corrected chi connectivity index (χ2v) is 4.39. The minimum absolute atomic E-state index is 0.167. The van der Waals surface area contributed by atoms with E-state index in [1.165, 1.54) is 6.92 Å². The molecule has 0 aliphatic heterocycles. The summed E-state index contributed by atoms with van der Waals surface area (Å²) in [6.45, 7) is 3.41. The summed E-state index contributed by atoms with van der Waals surface area (Å²) in [4.78, 5) is 34.3. The molecule has 1 aliphatic rings. The Kier molecular flexibility index (Phi) is 4.18. The molecule has 1 saturated carbocycles. The maximum atomic E-state index is 11.6. The summed E-state index contributed by atoms with van der Waals surface area (Å²) < 4.78 is 0. The minimum atomic E-state index is -0.942. The monoisotopic (exact) mass is 210 g/mol. The number of Topliss-reactive ketones (excluding diaryl/α,β-unsaturated/α-hetero) is 3. The van der Waals surface area contributed by atoms with E-state index in [0.29, 0.717) is 12.8 Å². The molecule has 0 radical (unpaired) electrons. The molecule has 1 fully saturated rings. The van der Waals surface area contributed by atoms with Crippen LogP contribution in [0.15, 0.2) is 0 Å². The lowest BCUT2D eigenvalue weighted by molar-refractivity contribution is -0.142. The van der Waals surface area contributed by atoms with Crippen LogP contribution in [-0.4, -0.2) is 17.3 Å². The fourth-order valence-corrected chi connectivity index (χ4v) is 2.21. The van der Waals surface area contributed by atoms with Crippen molar-refractivity contribution in [3.05, 3.63) is 0 Å². The van der Waals surface area contributed by atoms with Crippen molar-refractivity contribution in [3.8, 4) is 0 Å². The first-order chi connectivity index (χ1) is 7.06. The van der Waals surface area contributed by atoms with Crippen LogP contribution in [0.25, 0.3) is 0 Å². The van der Waals surface area contributed by atoms with Crippen LogP contribution in [0, 0.1) is 11.8 Å². The molecule has 0 aromatic heterocycles. The van der Waals surface area contributed by atoms with Crippen LogP contribution in [0.4, 0.5) is 0 Å². The van der Waals surface area contributed by atoms with Gasteiger partial charge in [0, 0.05) is 12.8 Å². The van der Waals surface area contributed by atoms with Gasteiger partial charge in [0.25, 0.3) is 0 Å². The second kappa shape index (κ2) is 5.19. The van der Waals surface area contributed by atoms with Crippen LogP contribution in [0.2, 0.25) is 0 Å². The number of rotatable bonds is 4. The largest absolute Gasteiger partial charge is 0.299 e. The lowest BCUT2D eigenvalue weighted by Gasteiger charge is -2.24. The molecule has 0 unspecified atom stereocenters. The van der Waals surface area contributed by atoms with Gasteiger partial charge in [-0.2, -0.15) is 0 Å². The van der Waals surface area contributed by atoms with Crippen LogP contribution < -0.4 is 0 Å². The van der Waals surface area contributed by atoms with Crippen LogP contribution in [0.5, 0.6) is 0 Å². The molecule has 0 heterocycles. The molecular weight excluding hydrogens is 192 g/mol. The van der Waals surface area contributed by atoms with Crippen LogP contribution in [0.1, 0.15) is 46.0 Å². The summed E-state index contributed by atoms with van der Waals surface area (Å²) in [5, 5.41) is 0. The lowest BCUT2D eigenvalue weighted by atomic mass is 9.76. The summed E-state index contributed by atoms with van der Waals surface area (Å²) >= 11 is 0. The topological polar surface area (TPSA) is 51.2 Å². The summed E-state index contributed by atoms with van der Waals surface area (Å²) in [5.41, 5.74) is 0. The van der Waals surface area contributed by atoms with Gasteiger partial charge in [0.2, 0.25) is 0 Å². The number of carbonyl (C=O) groups excluding carboxylic acids is 3. The minimum Gasteiger partial charge on any atom is -0.299 e. The van der Waals surface area contributed by atoms with Crippen LogP contribution in [-0.2, 0) is 14.4 Å². The van der Waals surface area contributed by atoms with Gasteiger partial charge < -0.3 is 0 Å². The maximum absolute atomic E-state index is 11.6. The van der Waals surface area contributed by atoms with E-state index in [-0.39, 0.29) is 23.3 Å². The summed E-state index contributed by atoms with van der Waals surface area (Å²) in [7, 11) is 0. The van der Waals surface area contributed by atoms with E-state index in [2.05, 4.69) is 6.92 Å². The van der Waals surface area contributed by atoms with E-state index in [0.717, 1.165) is 19.3 Å². The van der Waals surface area contributed by atoms with Gasteiger partial charge in [0.15, 0.2) is 11.6 Å². The molecular formula is C12H18O3. The number of ketones is 3. The molecule has 1 rings (SSSR count). The second-order valence-electron chi connectivity index (χ2n) is 4.39. The third-order valence-electron chi connectivity index (χ3n) is 3.00. The van der Waals surface area contributed by atoms with Gasteiger partial charge in [-0.05, 0) is 19.3 Å². The Balaban J connectivity index is 2.59. The Morgan fingerprint density at radius 3 is 2.20 bits per heavy atom. The summed E-state index contributed by atoms with van der Waals surface area (Å²) in [6.07, 6.45) is 3.88. The Hall–Kier alpha value is -0.990. The van der Waals surface area contributed by atoms with Gasteiger partial charge in [-0.1, -0.05) is 19.8 Å². The zero-order chi connectivity index (χ0) is 11.4. The van der Waals surface area contributed by atoms with Crippen LogP contribution in [0.3, 0.4) is 0 Å². The average molecular weight is 210 g/mol. The molecule has 15 heavy (non-hydrogen) atoms. The molecule has 0 aromatic carbocycles. The molecule has 0 aromatic rings. The van der Waals surface area contributed by atoms with Gasteiger partial charge in [-0.25, -0.2) is 0 Å². The van der Waals surface area contributed by atoms with E-state index in [1.54, 1.807) is 0 Å². The third-order valence-corrected chi connectivity index (χ3v) is 3.00. The quantitative estimate of drug-likeness (QED) is 0.666. The van der Waals surface area contributed by atoms with Crippen molar-refractivity contribution in [1.29, 1.82) is 0 Å². The fraction of sp³-hybridized carbons (Fsp3) is 0.750. The fourth-order valence-electron chi connectivity index (χ4n) is 2.21. The maximum Gasteiger partial charge on any atom is 0.151 e. The Labute approximate surface area is 90.2 Å². The third kappa shape index (κ3) is 2.98. The lowest BCUT2D eigenvalue weighted by Crippen LogP contribution is -2.37. The van der Waals surface area contributed by atoms with Crippen molar-refractivity contribution in [1.82, 2.24) is 0 Å². The van der Waals surface area contributed by atoms with Crippen molar-refractivity contribution < 1.29 is 14.4 Å². The van der Waals surface area contributed by atoms with Gasteiger partial charge in [-0.3, -0.25) is 14.4 Å². The number of hydrogen-bond donors (Lipinski definition) is 0. The standard InChI is InChI=1S/C12H18O3/c1-3-4-5-9-6-10(14)12(8(2)13)11(15)7-9/h9,12H,3-7H2,1-2H3. The molecule has 0 amide bonds. The SMILES string of the molecule is CCCCC1CC(=O)C(C(C)=O)C(=O)C1. The molecule has 0 bridgehead atoms. The first kappa shape index (κ1) is 12.1. The normalized spacial score (nSPS) is 26.8. The van der Waals surface area contributed by atoms with Crippen molar-refractivity contribution >= 4 is 17.3 Å². The van der Waals surface area contributed by atoms with E-state index in [9.17, 15) is 14.4 Å². The zero-order valence-corrected chi connectivity index (χ0v) is 9.41.